The lowest BCUT2D eigenvalue weighted by Crippen LogP contribution is -2.37. The van der Waals surface area contributed by atoms with Crippen LogP contribution in [0.15, 0.2) is 6.20 Å². The highest BCUT2D eigenvalue weighted by atomic mass is 15.3. The van der Waals surface area contributed by atoms with Crippen LogP contribution < -0.4 is 5.32 Å². The van der Waals surface area contributed by atoms with E-state index in [-0.39, 0.29) is 0 Å². The Morgan fingerprint density at radius 2 is 2.26 bits per heavy atom. The van der Waals surface area contributed by atoms with Crippen LogP contribution in [0.1, 0.15) is 50.8 Å². The third-order valence-corrected chi connectivity index (χ3v) is 4.08. The van der Waals surface area contributed by atoms with E-state index in [4.69, 9.17) is 0 Å². The number of hydrogen-bond acceptors (Lipinski definition) is 3. The largest absolute Gasteiger partial charge is 0.311 e. The Bertz CT molecular complexity index is 397. The van der Waals surface area contributed by atoms with E-state index in [1.807, 2.05) is 11.7 Å². The number of nitrogens with zero attached hydrogens (tertiary/aromatic N) is 3. The molecule has 108 valence electrons. The van der Waals surface area contributed by atoms with E-state index in [0.29, 0.717) is 5.92 Å². The highest BCUT2D eigenvalue weighted by molar-refractivity contribution is 5.19. The fraction of sp³-hybridized carbons (Fsp3) is 0.800. The molecule has 0 amide bonds. The van der Waals surface area contributed by atoms with E-state index in [0.717, 1.165) is 19.1 Å². The van der Waals surface area contributed by atoms with Gasteiger partial charge in [-0.3, -0.25) is 9.58 Å². The van der Waals surface area contributed by atoms with Crippen LogP contribution in [-0.2, 0) is 13.6 Å². The summed E-state index contributed by atoms with van der Waals surface area (Å²) >= 11 is 0. The summed E-state index contributed by atoms with van der Waals surface area (Å²) in [6.07, 6.45) is 4.84. The molecular weight excluding hydrogens is 236 g/mol. The zero-order chi connectivity index (χ0) is 13.8. The summed E-state index contributed by atoms with van der Waals surface area (Å²) in [5, 5.41) is 8.18. The van der Waals surface area contributed by atoms with Crippen LogP contribution in [0.25, 0.3) is 0 Å². The number of likely N-dealkylation sites (N-methyl/N-ethyl adjacent to an activating group) is 1. The first-order chi connectivity index (χ1) is 9.11. The number of aryl methyl sites for hydroxylation is 1. The number of likely N-dealkylation sites (tertiary alicyclic amines) is 1. The van der Waals surface area contributed by atoms with Crippen molar-refractivity contribution in [2.24, 2.45) is 7.05 Å². The van der Waals surface area contributed by atoms with Gasteiger partial charge in [0, 0.05) is 37.9 Å². The normalized spacial score (nSPS) is 20.6. The Morgan fingerprint density at radius 1 is 1.47 bits per heavy atom. The van der Waals surface area contributed by atoms with E-state index in [1.165, 1.54) is 37.2 Å². The second-order valence-corrected chi connectivity index (χ2v) is 5.92. The summed E-state index contributed by atoms with van der Waals surface area (Å²) in [6.45, 7) is 11.2. The lowest BCUT2D eigenvalue weighted by molar-refractivity contribution is 0.260. The van der Waals surface area contributed by atoms with Crippen molar-refractivity contribution < 1.29 is 0 Å². The van der Waals surface area contributed by atoms with Gasteiger partial charge in [-0.2, -0.15) is 5.10 Å². The fourth-order valence-corrected chi connectivity index (χ4v) is 3.09. The molecule has 1 N–H and O–H groups in total. The van der Waals surface area contributed by atoms with Crippen LogP contribution >= 0.6 is 0 Å². The first kappa shape index (κ1) is 14.5. The molecule has 0 aliphatic carbocycles. The number of rotatable bonds is 6. The van der Waals surface area contributed by atoms with Crippen LogP contribution in [0.3, 0.4) is 0 Å². The van der Waals surface area contributed by atoms with Crippen molar-refractivity contribution in [3.05, 3.63) is 17.5 Å². The van der Waals surface area contributed by atoms with Gasteiger partial charge in [0.1, 0.15) is 0 Å². The first-order valence-corrected chi connectivity index (χ1v) is 7.59. The maximum Gasteiger partial charge on any atom is 0.0694 e. The highest BCUT2D eigenvalue weighted by Crippen LogP contribution is 2.18. The molecule has 1 unspecified atom stereocenters. The summed E-state index contributed by atoms with van der Waals surface area (Å²) < 4.78 is 1.93. The minimum absolute atomic E-state index is 0.497. The number of hydrogen-bond donors (Lipinski definition) is 1. The van der Waals surface area contributed by atoms with E-state index in [1.54, 1.807) is 0 Å². The Hall–Kier alpha value is -0.870. The van der Waals surface area contributed by atoms with Crippen molar-refractivity contribution in [1.82, 2.24) is 20.0 Å². The molecule has 1 atom stereocenters. The molecule has 0 spiro atoms. The maximum absolute atomic E-state index is 4.56. The van der Waals surface area contributed by atoms with Gasteiger partial charge < -0.3 is 5.32 Å². The maximum atomic E-state index is 4.56. The monoisotopic (exact) mass is 264 g/mol. The molecule has 0 saturated carbocycles. The summed E-state index contributed by atoms with van der Waals surface area (Å²) in [5.74, 6) is 0.497. The number of aromatic nitrogens is 2. The summed E-state index contributed by atoms with van der Waals surface area (Å²) in [4.78, 5) is 2.58. The average molecular weight is 264 g/mol. The topological polar surface area (TPSA) is 33.1 Å². The van der Waals surface area contributed by atoms with Gasteiger partial charge in [-0.25, -0.2) is 0 Å². The van der Waals surface area contributed by atoms with Gasteiger partial charge in [0.05, 0.1) is 5.69 Å². The van der Waals surface area contributed by atoms with Gasteiger partial charge in [-0.05, 0) is 31.8 Å². The second-order valence-electron chi connectivity index (χ2n) is 5.92. The molecule has 4 nitrogen and oxygen atoms in total. The zero-order valence-corrected chi connectivity index (χ0v) is 12.8. The van der Waals surface area contributed by atoms with Gasteiger partial charge in [0.25, 0.3) is 0 Å². The highest BCUT2D eigenvalue weighted by Gasteiger charge is 2.22. The zero-order valence-electron chi connectivity index (χ0n) is 12.8. The van der Waals surface area contributed by atoms with Gasteiger partial charge in [0.2, 0.25) is 0 Å². The SMILES string of the molecule is CCN1CCCC1CNCc1cn(C)nc1C(C)C. The van der Waals surface area contributed by atoms with Gasteiger partial charge in [0.15, 0.2) is 0 Å². The summed E-state index contributed by atoms with van der Waals surface area (Å²) in [5.41, 5.74) is 2.58. The Morgan fingerprint density at radius 3 is 2.95 bits per heavy atom. The van der Waals surface area contributed by atoms with E-state index in [9.17, 15) is 0 Å². The van der Waals surface area contributed by atoms with Crippen molar-refractivity contribution >= 4 is 0 Å². The van der Waals surface area contributed by atoms with E-state index in [2.05, 4.69) is 42.3 Å². The van der Waals surface area contributed by atoms with Crippen LogP contribution in [0.2, 0.25) is 0 Å². The first-order valence-electron chi connectivity index (χ1n) is 7.59. The summed E-state index contributed by atoms with van der Waals surface area (Å²) in [6, 6.07) is 0.726. The molecule has 1 aliphatic rings. The molecule has 1 aromatic rings. The molecule has 19 heavy (non-hydrogen) atoms. The molecule has 2 heterocycles. The molecule has 0 radical (unpaired) electrons. The van der Waals surface area contributed by atoms with Crippen LogP contribution in [-0.4, -0.2) is 40.4 Å². The van der Waals surface area contributed by atoms with Crippen molar-refractivity contribution in [1.29, 1.82) is 0 Å². The standard InChI is InChI=1S/C15H28N4/c1-5-19-8-6-7-14(19)10-16-9-13-11-18(4)17-15(13)12(2)3/h11-12,14,16H,5-10H2,1-4H3. The van der Waals surface area contributed by atoms with Crippen molar-refractivity contribution in [2.75, 3.05) is 19.6 Å². The fourth-order valence-electron chi connectivity index (χ4n) is 3.09. The molecule has 1 fully saturated rings. The van der Waals surface area contributed by atoms with Crippen LogP contribution in [0.4, 0.5) is 0 Å². The van der Waals surface area contributed by atoms with Gasteiger partial charge in [-0.1, -0.05) is 20.8 Å². The third-order valence-electron chi connectivity index (χ3n) is 4.08. The van der Waals surface area contributed by atoms with Gasteiger partial charge >= 0.3 is 0 Å². The molecule has 4 heteroatoms. The molecular formula is C15H28N4. The predicted octanol–water partition coefficient (Wildman–Crippen LogP) is 2.12. The van der Waals surface area contributed by atoms with Crippen LogP contribution in [0.5, 0.6) is 0 Å². The molecule has 1 aromatic heterocycles. The third kappa shape index (κ3) is 3.57. The van der Waals surface area contributed by atoms with E-state index < -0.39 is 0 Å². The smallest absolute Gasteiger partial charge is 0.0694 e. The minimum Gasteiger partial charge on any atom is -0.311 e. The quantitative estimate of drug-likeness (QED) is 0.854. The van der Waals surface area contributed by atoms with Gasteiger partial charge in [-0.15, -0.1) is 0 Å². The molecule has 1 saturated heterocycles. The van der Waals surface area contributed by atoms with Crippen molar-refractivity contribution in [2.45, 2.75) is 52.1 Å². The average Bonchev–Trinajstić information content (AvgIpc) is 2.95. The predicted molar refractivity (Wildman–Crippen MR) is 79.3 cm³/mol. The summed E-state index contributed by atoms with van der Waals surface area (Å²) in [7, 11) is 2.01. The van der Waals surface area contributed by atoms with Crippen molar-refractivity contribution in [3.8, 4) is 0 Å². The second kappa shape index (κ2) is 6.53. The van der Waals surface area contributed by atoms with Crippen LogP contribution in [0, 0.1) is 0 Å². The van der Waals surface area contributed by atoms with Crippen molar-refractivity contribution in [3.63, 3.8) is 0 Å². The Balaban J connectivity index is 1.85. The van der Waals surface area contributed by atoms with E-state index >= 15 is 0 Å². The molecule has 1 aliphatic heterocycles. The number of nitrogens with one attached hydrogen (secondary N) is 1. The Kier molecular flexibility index (Phi) is 4.99. The lowest BCUT2D eigenvalue weighted by Gasteiger charge is -2.23. The molecule has 0 aromatic carbocycles. The minimum atomic E-state index is 0.497. The molecule has 0 bridgehead atoms. The Labute approximate surface area is 117 Å². The molecule has 2 rings (SSSR count). The lowest BCUT2D eigenvalue weighted by atomic mass is 10.1.